The summed E-state index contributed by atoms with van der Waals surface area (Å²) in [5.41, 5.74) is 47.8. The van der Waals surface area contributed by atoms with Crippen molar-refractivity contribution in [2.24, 2.45) is 0 Å². The van der Waals surface area contributed by atoms with Crippen molar-refractivity contribution < 1.29 is 0 Å². The minimum atomic E-state index is -0.279. The maximum Gasteiger partial charge on any atom is 0.0449 e. The van der Waals surface area contributed by atoms with Crippen LogP contribution >= 0.6 is 0 Å². The van der Waals surface area contributed by atoms with Crippen molar-refractivity contribution in [3.8, 4) is 0 Å². The van der Waals surface area contributed by atoms with Crippen molar-refractivity contribution in [1.82, 2.24) is 0 Å². The lowest BCUT2D eigenvalue weighted by molar-refractivity contribution is 0.341. The van der Waals surface area contributed by atoms with E-state index in [1.165, 1.54) is 0 Å². The van der Waals surface area contributed by atoms with E-state index in [-0.39, 0.29) is 54.1 Å². The summed E-state index contributed by atoms with van der Waals surface area (Å²) in [5, 5.41) is 55.5. The first-order valence-electron chi connectivity index (χ1n) is 31.2. The maximum atomic E-state index is 2.95. The van der Waals surface area contributed by atoms with Gasteiger partial charge in [0.2, 0.25) is 0 Å². The summed E-state index contributed by atoms with van der Waals surface area (Å²) in [6, 6.07) is 0. The van der Waals surface area contributed by atoms with E-state index in [9.17, 15) is 0 Å². The van der Waals surface area contributed by atoms with Gasteiger partial charge in [-0.1, -0.05) is 13.8 Å². The van der Waals surface area contributed by atoms with Crippen LogP contribution in [0.5, 0.6) is 0 Å². The fraction of sp³-hybridized carbons (Fsp3) is 0.250. The highest BCUT2D eigenvalue weighted by Crippen LogP contribution is 2.92. The van der Waals surface area contributed by atoms with Crippen LogP contribution in [0.3, 0.4) is 0 Å². The van der Waals surface area contributed by atoms with Crippen LogP contribution in [0.1, 0.15) is 225 Å². The van der Waals surface area contributed by atoms with Crippen LogP contribution in [0.25, 0.3) is 172 Å². The summed E-state index contributed by atoms with van der Waals surface area (Å²) in [6.45, 7) is 29.2. The van der Waals surface area contributed by atoms with E-state index in [0.717, 1.165) is 0 Å². The molecule has 0 saturated heterocycles. The zero-order valence-corrected chi connectivity index (χ0v) is 45.0. The van der Waals surface area contributed by atoms with Gasteiger partial charge in [-0.25, -0.2) is 0 Å². The molecule has 18 aromatic rings. The molecule has 0 heteroatoms. The van der Waals surface area contributed by atoms with Gasteiger partial charge in [-0.3, -0.25) is 0 Å². The lowest BCUT2D eigenvalue weighted by atomic mass is 9.38. The molecular weight excluding hydrogens is 961 g/mol. The molecular formula is C80H30. The third-order valence-electron chi connectivity index (χ3n) is 34.0. The van der Waals surface area contributed by atoms with Crippen LogP contribution in [0.15, 0.2) is 0 Å². The SMILES string of the molecule is CC12c3c4c5c6c7c8c9c%10c%11c%12c%13c%14c%15c%16c%17c%18c%19c%15c%15c%20c%21c%22c(c3C%21(C)c3c(c%21c%23c(c31)c1c2c2c3c(c%24c%25c%26c(c(c(c%27c%26c%26c(c(c%23c%23c1c3c%25c%26%23)C%18%21C)C%17%27C)C%16%13C)C9%12C)C8%24C)C7(C)C24C)C%19%20C)c5c(c6%10)c1c%22c%15c%14c%111. The molecule has 10 atom stereocenters. The minimum Gasteiger partial charge on any atom is -0.0502 e. The lowest BCUT2D eigenvalue weighted by Gasteiger charge is -2.63. The van der Waals surface area contributed by atoms with E-state index in [0.29, 0.717) is 0 Å². The molecule has 10 unspecified atom stereocenters. The molecule has 0 heterocycles. The molecule has 18 aromatic carbocycles. The quantitative estimate of drug-likeness (QED) is 0.133. The second-order valence-electron chi connectivity index (χ2n) is 33.8. The monoisotopic (exact) mass is 990 g/mol. The van der Waals surface area contributed by atoms with Crippen LogP contribution < -0.4 is 0 Å². The second kappa shape index (κ2) is 6.51. The van der Waals surface area contributed by atoms with E-state index in [2.05, 4.69) is 69.2 Å². The van der Waals surface area contributed by atoms with Gasteiger partial charge in [0.05, 0.1) is 0 Å². The van der Waals surface area contributed by atoms with Gasteiger partial charge >= 0.3 is 0 Å². The van der Waals surface area contributed by atoms with Gasteiger partial charge in [0.25, 0.3) is 0 Å². The molecule has 0 bridgehead atoms. The Kier molecular flexibility index (Phi) is 2.59. The summed E-state index contributed by atoms with van der Waals surface area (Å²) in [7, 11) is 0. The average Bonchev–Trinajstić information content (AvgIpc) is 1.40. The molecule has 0 radical (unpaired) electrons. The van der Waals surface area contributed by atoms with Gasteiger partial charge < -0.3 is 0 Å². The Morgan fingerprint density at radius 2 is 0.200 bits per heavy atom. The van der Waals surface area contributed by atoms with Gasteiger partial charge in [0.1, 0.15) is 0 Å². The molecule has 0 saturated carbocycles. The Labute approximate surface area is 448 Å². The molecule has 0 spiro atoms. The van der Waals surface area contributed by atoms with E-state index in [1.807, 2.05) is 66.8 Å². The van der Waals surface area contributed by atoms with Gasteiger partial charge in [-0.15, -0.1) is 0 Å². The fourth-order valence-corrected chi connectivity index (χ4v) is 33.8. The van der Waals surface area contributed by atoms with Crippen LogP contribution in [0.2, 0.25) is 0 Å². The molecule has 0 nitrogen and oxygen atoms in total. The summed E-state index contributed by atoms with van der Waals surface area (Å²) in [6.07, 6.45) is 0. The van der Waals surface area contributed by atoms with E-state index in [1.54, 1.807) is 261 Å². The van der Waals surface area contributed by atoms with Gasteiger partial charge in [-0.2, -0.15) is 0 Å². The number of hydrogen-bond donors (Lipinski definition) is 0. The predicted octanol–water partition coefficient (Wildman–Crippen LogP) is 17.4. The highest BCUT2D eigenvalue weighted by atomic mass is 14.8. The van der Waals surface area contributed by atoms with E-state index in [4.69, 9.17) is 0 Å². The summed E-state index contributed by atoms with van der Waals surface area (Å²) in [5.74, 6) is 0. The third kappa shape index (κ3) is 1.50. The number of benzene rings is 15. The Balaban J connectivity index is 1.12. The van der Waals surface area contributed by atoms with E-state index >= 15 is 0 Å². The normalized spacial score (nSPS) is 37.9. The highest BCUT2D eigenvalue weighted by molar-refractivity contribution is 6.64. The molecule has 19 aliphatic carbocycles. The smallest absolute Gasteiger partial charge is 0.0449 e. The minimum absolute atomic E-state index is 0.254. The molecule has 0 fully saturated rings. The number of rotatable bonds is 0. The Hall–Kier alpha value is -7.80. The van der Waals surface area contributed by atoms with Crippen molar-refractivity contribution in [2.75, 3.05) is 0 Å². The second-order valence-corrected chi connectivity index (χ2v) is 33.8. The molecule has 80 heavy (non-hydrogen) atoms. The summed E-state index contributed by atoms with van der Waals surface area (Å²) >= 11 is 0. The van der Waals surface area contributed by atoms with Crippen LogP contribution in [0, 0.1) is 0 Å². The zero-order valence-electron chi connectivity index (χ0n) is 45.0. The van der Waals surface area contributed by atoms with Crippen molar-refractivity contribution in [1.29, 1.82) is 0 Å². The fourth-order valence-electron chi connectivity index (χ4n) is 33.8. The van der Waals surface area contributed by atoms with Gasteiger partial charge in [0, 0.05) is 54.1 Å². The topological polar surface area (TPSA) is 0 Å². The molecule has 0 N–H and O–H groups in total. The first-order valence-corrected chi connectivity index (χ1v) is 31.2. The number of hydrogen-bond acceptors (Lipinski definition) is 0. The van der Waals surface area contributed by atoms with Crippen LogP contribution in [-0.4, -0.2) is 0 Å². The third-order valence-corrected chi connectivity index (χ3v) is 34.0. The molecule has 0 amide bonds. The average molecular weight is 991 g/mol. The Morgan fingerprint density at radius 1 is 0.100 bits per heavy atom. The van der Waals surface area contributed by atoms with Crippen LogP contribution in [0.4, 0.5) is 0 Å². The molecule has 0 aliphatic heterocycles. The van der Waals surface area contributed by atoms with Crippen molar-refractivity contribution >= 4 is 172 Å². The summed E-state index contributed by atoms with van der Waals surface area (Å²) in [4.78, 5) is 0. The Morgan fingerprint density at radius 3 is 0.412 bits per heavy atom. The van der Waals surface area contributed by atoms with Gasteiger partial charge in [0.15, 0.2) is 0 Å². The molecule has 0 aromatic heterocycles. The van der Waals surface area contributed by atoms with E-state index < -0.39 is 0 Å². The predicted molar refractivity (Wildman–Crippen MR) is 320 cm³/mol. The largest absolute Gasteiger partial charge is 0.0502 e. The van der Waals surface area contributed by atoms with Crippen LogP contribution in [-0.2, 0) is 54.1 Å². The summed E-state index contributed by atoms with van der Waals surface area (Å²) < 4.78 is 0. The maximum absolute atomic E-state index is 2.95. The van der Waals surface area contributed by atoms with Crippen molar-refractivity contribution in [3.63, 3.8) is 0 Å². The first kappa shape index (κ1) is 31.8. The zero-order chi connectivity index (χ0) is 49.6. The Bertz CT molecular complexity index is 7190. The standard InChI is InChI=1S/C80H30/c1-71-43-24-13-11-12-22-32(24)51(71)63-59-34(22)35-23(12)33-25-14(11)16-15(13)26-36-37-27(16)46-44(25)72(2)52(33)64-60(35)80(10)62-42-21-19-17-18-20(21)31-41-39-29(18)48-47-28(17)38-40-30(19)49(61(42)79(59,80)9)77(63,7)57(40)69(71)67-55(38)75(47,5)65(53(36)73(67,3)45(26)43)66-54(37)74(46,4)68(56(39)76(48,66)6)70(72)58(41)78(64,8)50(31)62/h1-10H3. The van der Waals surface area contributed by atoms with Crippen molar-refractivity contribution in [2.45, 2.75) is 123 Å². The van der Waals surface area contributed by atoms with Gasteiger partial charge in [-0.05, 0) is 384 Å². The van der Waals surface area contributed by atoms with Crippen molar-refractivity contribution in [3.05, 3.63) is 156 Å². The first-order chi connectivity index (χ1) is 38.7. The lowest BCUT2D eigenvalue weighted by Crippen LogP contribution is -2.58. The molecule has 19 aliphatic rings. The molecule has 350 valence electrons. The highest BCUT2D eigenvalue weighted by Gasteiger charge is 2.81. The molecule has 37 rings (SSSR count).